The van der Waals surface area contributed by atoms with Crippen LogP contribution in [0.1, 0.15) is 12.5 Å². The van der Waals surface area contributed by atoms with E-state index in [4.69, 9.17) is 9.97 Å². The molecule has 214 valence electrons. The molecule has 0 spiro atoms. The number of nitrogens with one attached hydrogen (secondary N) is 3. The van der Waals surface area contributed by atoms with Gasteiger partial charge in [0.2, 0.25) is 17.8 Å². The van der Waals surface area contributed by atoms with Crippen LogP contribution < -0.4 is 20.9 Å². The Kier molecular flexibility index (Phi) is 7.66. The molecule has 0 radical (unpaired) electrons. The van der Waals surface area contributed by atoms with Crippen LogP contribution in [-0.2, 0) is 4.79 Å². The molecule has 41 heavy (non-hydrogen) atoms. The molecule has 12 heteroatoms. The van der Waals surface area contributed by atoms with Gasteiger partial charge in [-0.15, -0.1) is 0 Å². The summed E-state index contributed by atoms with van der Waals surface area (Å²) in [6.45, 7) is 5.95. The van der Waals surface area contributed by atoms with Gasteiger partial charge in [0.25, 0.3) is 0 Å². The Balaban J connectivity index is 1.26. The molecule has 0 bridgehead atoms. The lowest BCUT2D eigenvalue weighted by atomic mass is 10.2. The van der Waals surface area contributed by atoms with Gasteiger partial charge in [-0.05, 0) is 62.0 Å². The summed E-state index contributed by atoms with van der Waals surface area (Å²) in [7, 11) is 3.80. The van der Waals surface area contributed by atoms with Crippen molar-refractivity contribution < 1.29 is 9.18 Å². The third-order valence-corrected chi connectivity index (χ3v) is 7.78. The van der Waals surface area contributed by atoms with Gasteiger partial charge in [-0.2, -0.15) is 4.98 Å². The number of carbonyl (C=O) groups is 1. The quantitative estimate of drug-likeness (QED) is 0.301. The molecule has 3 N–H and O–H groups in total. The zero-order chi connectivity index (χ0) is 28.3. The number of benzene rings is 2. The van der Waals surface area contributed by atoms with Gasteiger partial charge in [0.05, 0.1) is 18.8 Å². The zero-order valence-corrected chi connectivity index (χ0v) is 23.3. The van der Waals surface area contributed by atoms with E-state index in [1.165, 1.54) is 17.8 Å². The van der Waals surface area contributed by atoms with Gasteiger partial charge in [0, 0.05) is 63.4 Å². The number of carbonyl (C=O) groups excluding carboxylic acids is 1. The average molecular weight is 559 g/mol. The molecule has 0 aliphatic carbocycles. The second-order valence-corrected chi connectivity index (χ2v) is 10.7. The smallest absolute Gasteiger partial charge is 0.233 e. The number of halogens is 1. The highest BCUT2D eigenvalue weighted by atomic mass is 19.1. The SMILES string of the molecule is CNC(=O)CN1CC[C@H](n2c(Nc3ccc(F)cc3)nc3cnc(Nc4ccc(N5CCN(C)CC5)cc4)nc32)C1. The van der Waals surface area contributed by atoms with E-state index in [9.17, 15) is 9.18 Å². The largest absolute Gasteiger partial charge is 0.369 e. The van der Waals surface area contributed by atoms with E-state index < -0.39 is 0 Å². The fourth-order valence-corrected chi connectivity index (χ4v) is 5.45. The summed E-state index contributed by atoms with van der Waals surface area (Å²) < 4.78 is 15.6. The van der Waals surface area contributed by atoms with E-state index in [2.05, 4.69) is 59.4 Å². The summed E-state index contributed by atoms with van der Waals surface area (Å²) in [6, 6.07) is 14.6. The lowest BCUT2D eigenvalue weighted by Crippen LogP contribution is -2.44. The predicted molar refractivity (Wildman–Crippen MR) is 159 cm³/mol. The molecule has 2 aromatic carbocycles. The van der Waals surface area contributed by atoms with Gasteiger partial charge >= 0.3 is 0 Å². The normalized spacial score (nSPS) is 18.1. The molecule has 11 nitrogen and oxygen atoms in total. The highest BCUT2D eigenvalue weighted by Crippen LogP contribution is 2.32. The van der Waals surface area contributed by atoms with Crippen LogP contribution in [0.15, 0.2) is 54.7 Å². The first-order chi connectivity index (χ1) is 19.9. The Morgan fingerprint density at radius 3 is 2.39 bits per heavy atom. The van der Waals surface area contributed by atoms with Crippen LogP contribution >= 0.6 is 0 Å². The lowest BCUT2D eigenvalue weighted by molar-refractivity contribution is -0.121. The Morgan fingerprint density at radius 1 is 0.951 bits per heavy atom. The molecule has 0 saturated carbocycles. The number of hydrogen-bond donors (Lipinski definition) is 3. The fourth-order valence-electron chi connectivity index (χ4n) is 5.45. The zero-order valence-electron chi connectivity index (χ0n) is 23.3. The first kappa shape index (κ1) is 26.9. The highest BCUT2D eigenvalue weighted by molar-refractivity contribution is 5.78. The van der Waals surface area contributed by atoms with E-state index >= 15 is 0 Å². The van der Waals surface area contributed by atoms with Crippen molar-refractivity contribution in [3.8, 4) is 0 Å². The van der Waals surface area contributed by atoms with Crippen molar-refractivity contribution in [1.82, 2.24) is 34.6 Å². The van der Waals surface area contributed by atoms with Gasteiger partial charge in [0.1, 0.15) is 11.3 Å². The summed E-state index contributed by atoms with van der Waals surface area (Å²) in [5, 5.41) is 9.37. The lowest BCUT2D eigenvalue weighted by Gasteiger charge is -2.34. The molecule has 0 unspecified atom stereocenters. The van der Waals surface area contributed by atoms with Crippen LogP contribution in [0.5, 0.6) is 0 Å². The van der Waals surface area contributed by atoms with Crippen molar-refractivity contribution in [3.05, 3.63) is 60.5 Å². The Morgan fingerprint density at radius 2 is 1.66 bits per heavy atom. The van der Waals surface area contributed by atoms with E-state index in [0.29, 0.717) is 36.2 Å². The number of likely N-dealkylation sites (N-methyl/N-ethyl adjacent to an activating group) is 2. The van der Waals surface area contributed by atoms with Crippen LogP contribution in [0.2, 0.25) is 0 Å². The van der Waals surface area contributed by atoms with Gasteiger partial charge < -0.3 is 25.8 Å². The maximum absolute atomic E-state index is 13.5. The number of likely N-dealkylation sites (tertiary alicyclic amines) is 1. The van der Waals surface area contributed by atoms with Gasteiger partial charge in [-0.1, -0.05) is 0 Å². The first-order valence-corrected chi connectivity index (χ1v) is 14.0. The van der Waals surface area contributed by atoms with Crippen LogP contribution in [0.3, 0.4) is 0 Å². The van der Waals surface area contributed by atoms with Crippen molar-refractivity contribution in [2.24, 2.45) is 0 Å². The second-order valence-electron chi connectivity index (χ2n) is 10.7. The van der Waals surface area contributed by atoms with Crippen molar-refractivity contribution in [2.45, 2.75) is 12.5 Å². The van der Waals surface area contributed by atoms with Gasteiger partial charge in [-0.25, -0.2) is 14.4 Å². The first-order valence-electron chi connectivity index (χ1n) is 14.0. The Labute approximate surface area is 238 Å². The molecule has 2 saturated heterocycles. The van der Waals surface area contributed by atoms with Crippen molar-refractivity contribution in [2.75, 3.05) is 75.4 Å². The Hall–Kier alpha value is -4.29. The summed E-state index contributed by atoms with van der Waals surface area (Å²) in [5.41, 5.74) is 4.16. The van der Waals surface area contributed by atoms with Crippen LogP contribution in [0.25, 0.3) is 11.2 Å². The topological polar surface area (TPSA) is 106 Å². The summed E-state index contributed by atoms with van der Waals surface area (Å²) in [6.07, 6.45) is 2.55. The molecule has 4 aromatic rings. The fraction of sp³-hybridized carbons (Fsp3) is 0.379. The standard InChI is InChI=1S/C29H35FN10O/c1-31-26(41)19-38-12-11-24(18-38)40-27-25(35-29(40)34-22-5-3-20(30)4-6-22)17-32-28(36-27)33-21-7-9-23(10-8-21)39-15-13-37(2)14-16-39/h3-10,17,24H,11-16,18-19H2,1-2H3,(H,31,41)(H,34,35)(H,32,33,36)/t24-/m0/s1. The van der Waals surface area contributed by atoms with Gasteiger partial charge in [-0.3, -0.25) is 14.3 Å². The number of hydrogen-bond acceptors (Lipinski definition) is 9. The summed E-state index contributed by atoms with van der Waals surface area (Å²) in [4.78, 5) is 33.1. The van der Waals surface area contributed by atoms with Crippen molar-refractivity contribution in [3.63, 3.8) is 0 Å². The number of aromatic nitrogens is 4. The minimum atomic E-state index is -0.303. The highest BCUT2D eigenvalue weighted by Gasteiger charge is 2.29. The molecule has 4 heterocycles. The summed E-state index contributed by atoms with van der Waals surface area (Å²) in [5.74, 6) is 0.752. The molecule has 6 rings (SSSR count). The molecule has 1 atom stereocenters. The van der Waals surface area contributed by atoms with Crippen LogP contribution in [-0.4, -0.2) is 95.1 Å². The number of piperazine rings is 1. The Bertz CT molecular complexity index is 1500. The van der Waals surface area contributed by atoms with Gasteiger partial charge in [0.15, 0.2) is 5.65 Å². The number of amides is 1. The number of imidazole rings is 1. The third kappa shape index (κ3) is 6.08. The van der Waals surface area contributed by atoms with Crippen molar-refractivity contribution in [1.29, 1.82) is 0 Å². The monoisotopic (exact) mass is 558 g/mol. The second kappa shape index (κ2) is 11.7. The van der Waals surface area contributed by atoms with E-state index in [0.717, 1.165) is 50.5 Å². The van der Waals surface area contributed by atoms with E-state index in [1.807, 2.05) is 12.1 Å². The maximum atomic E-state index is 13.5. The molecule has 2 aliphatic heterocycles. The maximum Gasteiger partial charge on any atom is 0.233 e. The molecule has 2 aromatic heterocycles. The molecule has 2 fully saturated rings. The number of nitrogens with zero attached hydrogens (tertiary/aromatic N) is 7. The average Bonchev–Trinajstić information content (AvgIpc) is 3.58. The molecule has 1 amide bonds. The van der Waals surface area contributed by atoms with E-state index in [-0.39, 0.29) is 17.8 Å². The number of anilines is 5. The summed E-state index contributed by atoms with van der Waals surface area (Å²) >= 11 is 0. The van der Waals surface area contributed by atoms with E-state index in [1.54, 1.807) is 25.4 Å². The molecular weight excluding hydrogens is 523 g/mol. The van der Waals surface area contributed by atoms with Crippen molar-refractivity contribution >= 4 is 46.0 Å². The molecule has 2 aliphatic rings. The van der Waals surface area contributed by atoms with Crippen LogP contribution in [0.4, 0.5) is 33.3 Å². The minimum absolute atomic E-state index is 0.0155. The number of fused-ring (bicyclic) bond motifs is 1. The van der Waals surface area contributed by atoms with Crippen LogP contribution in [0, 0.1) is 5.82 Å². The molecular formula is C29H35FN10O. The minimum Gasteiger partial charge on any atom is -0.369 e. The number of rotatable bonds is 8. The predicted octanol–water partition coefficient (Wildman–Crippen LogP) is 3.20. The third-order valence-electron chi connectivity index (χ3n) is 7.78.